The first-order chi connectivity index (χ1) is 9.65. The molecule has 0 aromatic heterocycles. The summed E-state index contributed by atoms with van der Waals surface area (Å²) in [6.45, 7) is 1.86. The van der Waals surface area contributed by atoms with Crippen molar-refractivity contribution < 1.29 is 19.4 Å². The molecule has 1 aliphatic heterocycles. The third kappa shape index (κ3) is 4.15. The van der Waals surface area contributed by atoms with Gasteiger partial charge in [-0.2, -0.15) is 0 Å². The Morgan fingerprint density at radius 3 is 2.65 bits per heavy atom. The maximum absolute atomic E-state index is 11.4. The summed E-state index contributed by atoms with van der Waals surface area (Å²) in [5, 5.41) is 11.3. The van der Waals surface area contributed by atoms with Crippen molar-refractivity contribution in [1.29, 1.82) is 0 Å². The summed E-state index contributed by atoms with van der Waals surface area (Å²) in [6.07, 6.45) is -0.552. The van der Waals surface area contributed by atoms with Gasteiger partial charge in [-0.05, 0) is 17.9 Å². The van der Waals surface area contributed by atoms with Gasteiger partial charge < -0.3 is 20.1 Å². The van der Waals surface area contributed by atoms with Crippen LogP contribution >= 0.6 is 0 Å². The Hall–Kier alpha value is -2.24. The van der Waals surface area contributed by atoms with E-state index in [9.17, 15) is 9.59 Å². The van der Waals surface area contributed by atoms with E-state index in [4.69, 9.17) is 9.84 Å². The fraction of sp³-hybridized carbons (Fsp3) is 0.429. The molecule has 1 saturated heterocycles. The van der Waals surface area contributed by atoms with Crippen LogP contribution in [0.15, 0.2) is 30.3 Å². The highest BCUT2D eigenvalue weighted by molar-refractivity contribution is 5.67. The number of rotatable bonds is 5. The number of alkyl carbamates (subject to hydrolysis) is 1. The molecular formula is C14H18N2O4. The van der Waals surface area contributed by atoms with E-state index in [1.165, 1.54) is 4.90 Å². The second kappa shape index (κ2) is 6.79. The molecule has 2 amide bonds. The summed E-state index contributed by atoms with van der Waals surface area (Å²) < 4.78 is 5.07. The van der Waals surface area contributed by atoms with E-state index in [2.05, 4.69) is 5.32 Å². The molecule has 6 heteroatoms. The number of carbonyl (C=O) groups is 2. The monoisotopic (exact) mass is 278 g/mol. The zero-order chi connectivity index (χ0) is 14.4. The first kappa shape index (κ1) is 14.2. The highest BCUT2D eigenvalue weighted by Gasteiger charge is 2.29. The number of carboxylic acid groups (broad SMARTS) is 1. The summed E-state index contributed by atoms with van der Waals surface area (Å²) in [5.41, 5.74) is 0.943. The SMILES string of the molecule is O=C(NCCC1CN(C(=O)O)C1)OCc1ccccc1. The number of nitrogens with one attached hydrogen (secondary N) is 1. The van der Waals surface area contributed by atoms with Gasteiger partial charge >= 0.3 is 12.2 Å². The maximum atomic E-state index is 11.4. The molecule has 1 aliphatic rings. The van der Waals surface area contributed by atoms with Crippen molar-refractivity contribution in [3.8, 4) is 0 Å². The number of hydrogen-bond acceptors (Lipinski definition) is 3. The molecule has 6 nitrogen and oxygen atoms in total. The second-order valence-corrected chi connectivity index (χ2v) is 4.83. The van der Waals surface area contributed by atoms with E-state index in [0.29, 0.717) is 25.6 Å². The van der Waals surface area contributed by atoms with Crippen LogP contribution in [0, 0.1) is 5.92 Å². The maximum Gasteiger partial charge on any atom is 0.407 e. The fourth-order valence-corrected chi connectivity index (χ4v) is 2.06. The average Bonchev–Trinajstić information content (AvgIpc) is 2.39. The summed E-state index contributed by atoms with van der Waals surface area (Å²) in [6, 6.07) is 9.47. The van der Waals surface area contributed by atoms with E-state index in [1.54, 1.807) is 0 Å². The van der Waals surface area contributed by atoms with Crippen LogP contribution in [0.2, 0.25) is 0 Å². The van der Waals surface area contributed by atoms with Crippen molar-refractivity contribution in [3.63, 3.8) is 0 Å². The van der Waals surface area contributed by atoms with Crippen molar-refractivity contribution in [2.75, 3.05) is 19.6 Å². The Morgan fingerprint density at radius 2 is 2.00 bits per heavy atom. The number of carbonyl (C=O) groups excluding carboxylic acids is 1. The van der Waals surface area contributed by atoms with Crippen molar-refractivity contribution in [3.05, 3.63) is 35.9 Å². The predicted molar refractivity (Wildman–Crippen MR) is 72.3 cm³/mol. The van der Waals surface area contributed by atoms with Gasteiger partial charge in [0.25, 0.3) is 0 Å². The minimum Gasteiger partial charge on any atom is -0.465 e. The average molecular weight is 278 g/mol. The Kier molecular flexibility index (Phi) is 4.81. The Labute approximate surface area is 117 Å². The largest absolute Gasteiger partial charge is 0.465 e. The van der Waals surface area contributed by atoms with Crippen molar-refractivity contribution >= 4 is 12.2 Å². The van der Waals surface area contributed by atoms with Gasteiger partial charge in [0.15, 0.2) is 0 Å². The van der Waals surface area contributed by atoms with Gasteiger partial charge in [-0.25, -0.2) is 9.59 Å². The zero-order valence-electron chi connectivity index (χ0n) is 11.1. The molecule has 1 aromatic rings. The third-order valence-electron chi connectivity index (χ3n) is 3.26. The summed E-state index contributed by atoms with van der Waals surface area (Å²) >= 11 is 0. The number of benzene rings is 1. The Balaban J connectivity index is 1.54. The topological polar surface area (TPSA) is 78.9 Å². The van der Waals surface area contributed by atoms with Crippen molar-refractivity contribution in [1.82, 2.24) is 10.2 Å². The molecule has 2 N–H and O–H groups in total. The molecule has 0 saturated carbocycles. The summed E-state index contributed by atoms with van der Waals surface area (Å²) in [7, 11) is 0. The molecule has 0 aliphatic carbocycles. The minimum atomic E-state index is -0.878. The number of likely N-dealkylation sites (tertiary alicyclic amines) is 1. The molecule has 1 heterocycles. The highest BCUT2D eigenvalue weighted by Crippen LogP contribution is 2.18. The zero-order valence-corrected chi connectivity index (χ0v) is 11.1. The third-order valence-corrected chi connectivity index (χ3v) is 3.26. The Morgan fingerprint density at radius 1 is 1.30 bits per heavy atom. The van der Waals surface area contributed by atoms with Crippen LogP contribution in [0.3, 0.4) is 0 Å². The number of nitrogens with zero attached hydrogens (tertiary/aromatic N) is 1. The summed E-state index contributed by atoms with van der Waals surface area (Å²) in [5.74, 6) is 0.334. The first-order valence-electron chi connectivity index (χ1n) is 6.57. The Bertz CT molecular complexity index is 458. The molecule has 0 spiro atoms. The van der Waals surface area contributed by atoms with Crippen LogP contribution in [-0.4, -0.2) is 41.8 Å². The van der Waals surface area contributed by atoms with Crippen molar-refractivity contribution in [2.45, 2.75) is 13.0 Å². The molecule has 20 heavy (non-hydrogen) atoms. The highest BCUT2D eigenvalue weighted by atomic mass is 16.5. The molecule has 0 atom stereocenters. The van der Waals surface area contributed by atoms with E-state index >= 15 is 0 Å². The smallest absolute Gasteiger partial charge is 0.407 e. The molecule has 0 radical (unpaired) electrons. The normalized spacial score (nSPS) is 14.5. The molecular weight excluding hydrogens is 260 g/mol. The predicted octanol–water partition coefficient (Wildman–Crippen LogP) is 1.91. The van der Waals surface area contributed by atoms with E-state index in [1.807, 2.05) is 30.3 Å². The van der Waals surface area contributed by atoms with Crippen LogP contribution in [-0.2, 0) is 11.3 Å². The van der Waals surface area contributed by atoms with Crippen LogP contribution in [0.1, 0.15) is 12.0 Å². The summed E-state index contributed by atoms with van der Waals surface area (Å²) in [4.78, 5) is 23.4. The quantitative estimate of drug-likeness (QED) is 0.862. The number of ether oxygens (including phenoxy) is 1. The van der Waals surface area contributed by atoms with Gasteiger partial charge in [0.1, 0.15) is 6.61 Å². The van der Waals surface area contributed by atoms with Crippen LogP contribution in [0.25, 0.3) is 0 Å². The lowest BCUT2D eigenvalue weighted by Crippen LogP contribution is -2.50. The van der Waals surface area contributed by atoms with E-state index in [-0.39, 0.29) is 6.61 Å². The van der Waals surface area contributed by atoms with Crippen molar-refractivity contribution in [2.24, 2.45) is 5.92 Å². The lowest BCUT2D eigenvalue weighted by atomic mass is 9.97. The van der Waals surface area contributed by atoms with Gasteiger partial charge in [-0.15, -0.1) is 0 Å². The van der Waals surface area contributed by atoms with Gasteiger partial charge in [0, 0.05) is 19.6 Å². The molecule has 0 bridgehead atoms. The molecule has 1 fully saturated rings. The minimum absolute atomic E-state index is 0.253. The van der Waals surface area contributed by atoms with Crippen LogP contribution < -0.4 is 5.32 Å². The van der Waals surface area contributed by atoms with Gasteiger partial charge in [0.2, 0.25) is 0 Å². The van der Waals surface area contributed by atoms with Crippen LogP contribution in [0.5, 0.6) is 0 Å². The van der Waals surface area contributed by atoms with Gasteiger partial charge in [-0.3, -0.25) is 0 Å². The number of hydrogen-bond donors (Lipinski definition) is 2. The second-order valence-electron chi connectivity index (χ2n) is 4.83. The molecule has 0 unspecified atom stereocenters. The van der Waals surface area contributed by atoms with Gasteiger partial charge in [-0.1, -0.05) is 30.3 Å². The van der Waals surface area contributed by atoms with E-state index < -0.39 is 12.2 Å². The van der Waals surface area contributed by atoms with Crippen LogP contribution in [0.4, 0.5) is 9.59 Å². The van der Waals surface area contributed by atoms with E-state index in [0.717, 1.165) is 12.0 Å². The lowest BCUT2D eigenvalue weighted by Gasteiger charge is -2.37. The first-order valence-corrected chi connectivity index (χ1v) is 6.57. The molecule has 1 aromatic carbocycles. The fourth-order valence-electron chi connectivity index (χ4n) is 2.06. The molecule has 108 valence electrons. The lowest BCUT2D eigenvalue weighted by molar-refractivity contribution is 0.0775. The van der Waals surface area contributed by atoms with Gasteiger partial charge in [0.05, 0.1) is 0 Å². The molecule has 2 rings (SSSR count). The standard InChI is InChI=1S/C14H18N2O4/c17-13(20-10-11-4-2-1-3-5-11)15-7-6-12-8-16(9-12)14(18)19/h1-5,12H,6-10H2,(H,15,17)(H,18,19). The number of amides is 2.